The highest BCUT2D eigenvalue weighted by molar-refractivity contribution is 7.80. The Morgan fingerprint density at radius 1 is 1.33 bits per heavy atom. The zero-order valence-corrected chi connectivity index (χ0v) is 10.6. The molecular formula is C13H12FN3S. The first-order valence-corrected chi connectivity index (χ1v) is 5.76. The van der Waals surface area contributed by atoms with Gasteiger partial charge in [0.25, 0.3) is 0 Å². The molecule has 0 unspecified atom stereocenters. The molecule has 2 rings (SSSR count). The predicted molar refractivity (Wildman–Crippen MR) is 74.5 cm³/mol. The Morgan fingerprint density at radius 2 is 2.11 bits per heavy atom. The van der Waals surface area contributed by atoms with Gasteiger partial charge in [-0.3, -0.25) is 4.98 Å². The maximum atomic E-state index is 13.6. The quantitative estimate of drug-likeness (QED) is 0.834. The van der Waals surface area contributed by atoms with Gasteiger partial charge in [-0.05, 0) is 30.7 Å². The van der Waals surface area contributed by atoms with E-state index < -0.39 is 0 Å². The monoisotopic (exact) mass is 261 g/mol. The Morgan fingerprint density at radius 3 is 2.83 bits per heavy atom. The van der Waals surface area contributed by atoms with E-state index in [1.165, 1.54) is 6.07 Å². The zero-order valence-electron chi connectivity index (χ0n) is 9.77. The lowest BCUT2D eigenvalue weighted by Gasteiger charge is -2.11. The minimum Gasteiger partial charge on any atom is -0.389 e. The first-order valence-electron chi connectivity index (χ1n) is 5.35. The van der Waals surface area contributed by atoms with E-state index in [1.807, 2.05) is 6.92 Å². The predicted octanol–water partition coefficient (Wildman–Crippen LogP) is 2.91. The first-order chi connectivity index (χ1) is 8.58. The molecule has 0 fully saturated rings. The molecule has 18 heavy (non-hydrogen) atoms. The number of rotatable bonds is 3. The molecular weight excluding hydrogens is 249 g/mol. The molecule has 1 heterocycles. The van der Waals surface area contributed by atoms with Gasteiger partial charge < -0.3 is 11.1 Å². The first kappa shape index (κ1) is 12.4. The van der Waals surface area contributed by atoms with Gasteiger partial charge >= 0.3 is 0 Å². The van der Waals surface area contributed by atoms with E-state index in [9.17, 15) is 4.39 Å². The number of anilines is 2. The van der Waals surface area contributed by atoms with Crippen molar-refractivity contribution in [2.45, 2.75) is 6.92 Å². The van der Waals surface area contributed by atoms with Crippen molar-refractivity contribution in [2.75, 3.05) is 5.32 Å². The van der Waals surface area contributed by atoms with Crippen molar-refractivity contribution in [1.29, 1.82) is 0 Å². The van der Waals surface area contributed by atoms with Crippen molar-refractivity contribution in [3.05, 3.63) is 53.6 Å². The Bertz CT molecular complexity index is 599. The number of nitrogens with zero attached hydrogens (tertiary/aromatic N) is 1. The van der Waals surface area contributed by atoms with Crippen molar-refractivity contribution in [2.24, 2.45) is 5.73 Å². The molecule has 3 N–H and O–H groups in total. The number of benzene rings is 1. The molecule has 0 saturated carbocycles. The summed E-state index contributed by atoms with van der Waals surface area (Å²) >= 11 is 4.94. The van der Waals surface area contributed by atoms with Crippen LogP contribution in [0.3, 0.4) is 0 Å². The van der Waals surface area contributed by atoms with Gasteiger partial charge in [-0.1, -0.05) is 18.3 Å². The van der Waals surface area contributed by atoms with Gasteiger partial charge in [0, 0.05) is 11.8 Å². The van der Waals surface area contributed by atoms with E-state index in [4.69, 9.17) is 18.0 Å². The van der Waals surface area contributed by atoms with Crippen LogP contribution >= 0.6 is 12.2 Å². The molecule has 0 aliphatic carbocycles. The normalized spacial score (nSPS) is 10.1. The fourth-order valence-electron chi connectivity index (χ4n) is 1.59. The van der Waals surface area contributed by atoms with Crippen LogP contribution in [-0.2, 0) is 0 Å². The molecule has 0 aliphatic heterocycles. The van der Waals surface area contributed by atoms with Crippen molar-refractivity contribution >= 4 is 28.6 Å². The summed E-state index contributed by atoms with van der Waals surface area (Å²) in [5, 5.41) is 2.96. The van der Waals surface area contributed by atoms with Crippen LogP contribution in [0.25, 0.3) is 0 Å². The summed E-state index contributed by atoms with van der Waals surface area (Å²) in [5.74, 6) is -0.335. The zero-order chi connectivity index (χ0) is 13.1. The number of thiocarbonyl (C=S) groups is 1. The molecule has 0 bridgehead atoms. The fraction of sp³-hybridized carbons (Fsp3) is 0.0769. The summed E-state index contributed by atoms with van der Waals surface area (Å²) < 4.78 is 13.6. The van der Waals surface area contributed by atoms with Gasteiger partial charge in [0.1, 0.15) is 10.8 Å². The number of halogens is 1. The number of pyridine rings is 1. The average Bonchev–Trinajstić information content (AvgIpc) is 2.34. The molecule has 0 aliphatic rings. The van der Waals surface area contributed by atoms with E-state index in [-0.39, 0.29) is 10.8 Å². The van der Waals surface area contributed by atoms with Crippen LogP contribution in [0, 0.1) is 12.7 Å². The molecule has 0 amide bonds. The standard InChI is InChI=1S/C13H12FN3S/c1-8-2-3-10(14)11(6-8)17-12-7-16-5-4-9(12)13(15)18/h2-7,17H,1H3,(H2,15,18). The molecule has 92 valence electrons. The number of hydrogen-bond acceptors (Lipinski definition) is 3. The molecule has 5 heteroatoms. The average molecular weight is 261 g/mol. The van der Waals surface area contributed by atoms with Crippen LogP contribution in [0.5, 0.6) is 0 Å². The van der Waals surface area contributed by atoms with E-state index in [0.29, 0.717) is 16.9 Å². The van der Waals surface area contributed by atoms with Crippen molar-refractivity contribution < 1.29 is 4.39 Å². The van der Waals surface area contributed by atoms with Crippen LogP contribution in [0.15, 0.2) is 36.7 Å². The molecule has 1 aromatic heterocycles. The lowest BCUT2D eigenvalue weighted by molar-refractivity contribution is 0.631. The fourth-order valence-corrected chi connectivity index (χ4v) is 1.77. The van der Waals surface area contributed by atoms with Crippen LogP contribution in [0.2, 0.25) is 0 Å². The van der Waals surface area contributed by atoms with Crippen LogP contribution in [0.1, 0.15) is 11.1 Å². The summed E-state index contributed by atoms with van der Waals surface area (Å²) in [5.41, 5.74) is 8.17. The molecule has 0 radical (unpaired) electrons. The van der Waals surface area contributed by atoms with Gasteiger partial charge in [0.05, 0.1) is 17.6 Å². The van der Waals surface area contributed by atoms with E-state index in [0.717, 1.165) is 5.56 Å². The van der Waals surface area contributed by atoms with Gasteiger partial charge in [-0.15, -0.1) is 0 Å². The summed E-state index contributed by atoms with van der Waals surface area (Å²) in [4.78, 5) is 4.22. The largest absolute Gasteiger partial charge is 0.389 e. The maximum Gasteiger partial charge on any atom is 0.146 e. The second-order valence-electron chi connectivity index (χ2n) is 3.89. The highest BCUT2D eigenvalue weighted by Gasteiger charge is 2.08. The lowest BCUT2D eigenvalue weighted by Crippen LogP contribution is -2.12. The number of hydrogen-bond donors (Lipinski definition) is 2. The molecule has 3 nitrogen and oxygen atoms in total. The Kier molecular flexibility index (Phi) is 3.53. The molecule has 0 spiro atoms. The maximum absolute atomic E-state index is 13.6. The molecule has 0 saturated heterocycles. The van der Waals surface area contributed by atoms with Crippen molar-refractivity contribution in [1.82, 2.24) is 4.98 Å². The van der Waals surface area contributed by atoms with Crippen LogP contribution in [0.4, 0.5) is 15.8 Å². The summed E-state index contributed by atoms with van der Waals surface area (Å²) in [6.45, 7) is 1.89. The molecule has 0 atom stereocenters. The minimum absolute atomic E-state index is 0.243. The number of aryl methyl sites for hydroxylation is 1. The van der Waals surface area contributed by atoms with E-state index in [2.05, 4.69) is 10.3 Å². The van der Waals surface area contributed by atoms with Gasteiger partial charge in [0.2, 0.25) is 0 Å². The summed E-state index contributed by atoms with van der Waals surface area (Å²) in [6.07, 6.45) is 3.16. The third-order valence-electron chi connectivity index (χ3n) is 2.48. The van der Waals surface area contributed by atoms with Gasteiger partial charge in [0.15, 0.2) is 0 Å². The Labute approximate surface area is 110 Å². The molecule has 1 aromatic carbocycles. The Balaban J connectivity index is 2.40. The number of nitrogens with two attached hydrogens (primary N) is 1. The highest BCUT2D eigenvalue weighted by Crippen LogP contribution is 2.23. The lowest BCUT2D eigenvalue weighted by atomic mass is 10.2. The third kappa shape index (κ3) is 2.62. The highest BCUT2D eigenvalue weighted by atomic mass is 32.1. The SMILES string of the molecule is Cc1ccc(F)c(Nc2cnccc2C(N)=S)c1. The summed E-state index contributed by atoms with van der Waals surface area (Å²) in [6, 6.07) is 6.52. The summed E-state index contributed by atoms with van der Waals surface area (Å²) in [7, 11) is 0. The minimum atomic E-state index is -0.335. The third-order valence-corrected chi connectivity index (χ3v) is 2.70. The second kappa shape index (κ2) is 5.10. The van der Waals surface area contributed by atoms with E-state index in [1.54, 1.807) is 30.6 Å². The Hall–Kier alpha value is -2.01. The van der Waals surface area contributed by atoms with Crippen LogP contribution < -0.4 is 11.1 Å². The topological polar surface area (TPSA) is 50.9 Å². The van der Waals surface area contributed by atoms with E-state index >= 15 is 0 Å². The molecule has 2 aromatic rings. The van der Waals surface area contributed by atoms with Crippen molar-refractivity contribution in [3.63, 3.8) is 0 Å². The number of nitrogens with one attached hydrogen (secondary N) is 1. The smallest absolute Gasteiger partial charge is 0.146 e. The van der Waals surface area contributed by atoms with Crippen LogP contribution in [-0.4, -0.2) is 9.97 Å². The second-order valence-corrected chi connectivity index (χ2v) is 4.33. The van der Waals surface area contributed by atoms with Gasteiger partial charge in [-0.25, -0.2) is 4.39 Å². The number of aromatic nitrogens is 1. The van der Waals surface area contributed by atoms with Gasteiger partial charge in [-0.2, -0.15) is 0 Å². The van der Waals surface area contributed by atoms with Crippen molar-refractivity contribution in [3.8, 4) is 0 Å².